The van der Waals surface area contributed by atoms with E-state index in [0.717, 1.165) is 8.04 Å². The van der Waals surface area contributed by atoms with Crippen LogP contribution in [-0.4, -0.2) is 5.91 Å². The Morgan fingerprint density at radius 1 is 1.16 bits per heavy atom. The fourth-order valence-corrected chi connectivity index (χ4v) is 2.57. The van der Waals surface area contributed by atoms with Crippen molar-refractivity contribution in [2.24, 2.45) is 0 Å². The lowest BCUT2D eigenvalue weighted by atomic mass is 10.2. The molecule has 0 aromatic heterocycles. The molecule has 0 aliphatic rings. The Labute approximate surface area is 140 Å². The van der Waals surface area contributed by atoms with Gasteiger partial charge in [-0.1, -0.05) is 15.9 Å². The van der Waals surface area contributed by atoms with E-state index in [2.05, 4.69) is 59.8 Å². The molecule has 2 nitrogen and oxygen atoms in total. The van der Waals surface area contributed by atoms with E-state index in [9.17, 15) is 9.18 Å². The van der Waals surface area contributed by atoms with Crippen molar-refractivity contribution in [2.45, 2.75) is 0 Å². The number of nitrogens with one attached hydrogen (secondary N) is 1. The van der Waals surface area contributed by atoms with Gasteiger partial charge in [0, 0.05) is 18.2 Å². The van der Waals surface area contributed by atoms with Crippen molar-refractivity contribution in [3.63, 3.8) is 0 Å². The Hall–Kier alpha value is -0.470. The molecule has 6 heteroatoms. The van der Waals surface area contributed by atoms with Gasteiger partial charge in [-0.15, -0.1) is 0 Å². The maximum absolute atomic E-state index is 13.6. The number of anilines is 1. The van der Waals surface area contributed by atoms with Crippen molar-refractivity contribution in [3.8, 4) is 0 Å². The smallest absolute Gasteiger partial charge is 0.258 e. The average Bonchev–Trinajstić information content (AvgIpc) is 2.36. The summed E-state index contributed by atoms with van der Waals surface area (Å²) in [5.41, 5.74) is 0.629. The molecule has 0 aliphatic carbocycles. The maximum atomic E-state index is 13.6. The molecule has 1 amide bonds. The lowest BCUT2D eigenvalue weighted by Gasteiger charge is -2.07. The first-order chi connectivity index (χ1) is 8.97. The van der Waals surface area contributed by atoms with Crippen molar-refractivity contribution in [2.75, 3.05) is 5.32 Å². The highest BCUT2D eigenvalue weighted by molar-refractivity contribution is 14.1. The highest BCUT2D eigenvalue weighted by atomic mass is 127. The van der Waals surface area contributed by atoms with Crippen LogP contribution in [-0.2, 0) is 0 Å². The SMILES string of the molecule is O=C(Nc1ccc(Br)c(I)c1)c1cc(Br)ccc1F. The molecular weight excluding hydrogens is 492 g/mol. The predicted octanol–water partition coefficient (Wildman–Crippen LogP) is 5.21. The second-order valence-electron chi connectivity index (χ2n) is 3.71. The standard InChI is InChI=1S/C13H7Br2FINO/c14-7-1-4-11(16)9(5-7)13(19)18-8-2-3-10(15)12(17)6-8/h1-6H,(H,18,19). The van der Waals surface area contributed by atoms with Crippen LogP contribution in [0.2, 0.25) is 0 Å². The molecule has 0 aliphatic heterocycles. The molecule has 0 saturated heterocycles. The summed E-state index contributed by atoms with van der Waals surface area (Å²) in [7, 11) is 0. The summed E-state index contributed by atoms with van der Waals surface area (Å²) in [4.78, 5) is 12.0. The van der Waals surface area contributed by atoms with Gasteiger partial charge in [0.1, 0.15) is 5.82 Å². The van der Waals surface area contributed by atoms with Crippen LogP contribution in [0.4, 0.5) is 10.1 Å². The molecule has 0 saturated carbocycles. The minimum absolute atomic E-state index is 0.00676. The van der Waals surface area contributed by atoms with Crippen molar-refractivity contribution >= 4 is 66.0 Å². The van der Waals surface area contributed by atoms with Gasteiger partial charge in [0.2, 0.25) is 0 Å². The topological polar surface area (TPSA) is 29.1 Å². The number of rotatable bonds is 2. The molecule has 0 bridgehead atoms. The van der Waals surface area contributed by atoms with E-state index in [1.165, 1.54) is 12.1 Å². The van der Waals surface area contributed by atoms with Gasteiger partial charge in [-0.05, 0) is 74.9 Å². The van der Waals surface area contributed by atoms with Gasteiger partial charge in [0.05, 0.1) is 5.56 Å². The molecule has 2 aromatic carbocycles. The summed E-state index contributed by atoms with van der Waals surface area (Å²) < 4.78 is 16.1. The van der Waals surface area contributed by atoms with Gasteiger partial charge in [-0.3, -0.25) is 4.79 Å². The van der Waals surface area contributed by atoms with E-state index in [-0.39, 0.29) is 5.56 Å². The summed E-state index contributed by atoms with van der Waals surface area (Å²) in [5, 5.41) is 2.67. The first-order valence-corrected chi connectivity index (χ1v) is 7.85. The number of halogens is 4. The Morgan fingerprint density at radius 2 is 1.89 bits per heavy atom. The van der Waals surface area contributed by atoms with Crippen LogP contribution in [0.25, 0.3) is 0 Å². The lowest BCUT2D eigenvalue weighted by Crippen LogP contribution is -2.13. The van der Waals surface area contributed by atoms with Gasteiger partial charge in [-0.25, -0.2) is 4.39 Å². The minimum Gasteiger partial charge on any atom is -0.322 e. The third-order valence-electron chi connectivity index (χ3n) is 2.35. The van der Waals surface area contributed by atoms with Crippen LogP contribution in [0.15, 0.2) is 45.3 Å². The summed E-state index contributed by atoms with van der Waals surface area (Å²) in [6.07, 6.45) is 0. The van der Waals surface area contributed by atoms with Crippen molar-refractivity contribution < 1.29 is 9.18 Å². The molecule has 0 unspecified atom stereocenters. The molecule has 0 radical (unpaired) electrons. The highest BCUT2D eigenvalue weighted by Gasteiger charge is 2.12. The van der Waals surface area contributed by atoms with E-state index < -0.39 is 11.7 Å². The Morgan fingerprint density at radius 3 is 2.58 bits per heavy atom. The molecule has 2 rings (SSSR count). The molecule has 98 valence electrons. The third kappa shape index (κ3) is 3.76. The Bertz CT molecular complexity index is 649. The summed E-state index contributed by atoms with van der Waals surface area (Å²) in [5.74, 6) is -1.02. The van der Waals surface area contributed by atoms with Crippen LogP contribution in [0, 0.1) is 9.39 Å². The van der Waals surface area contributed by atoms with Gasteiger partial charge in [0.25, 0.3) is 5.91 Å². The second kappa shape index (κ2) is 6.32. The van der Waals surface area contributed by atoms with E-state index in [1.807, 2.05) is 6.07 Å². The maximum Gasteiger partial charge on any atom is 0.258 e. The summed E-state index contributed by atoms with van der Waals surface area (Å²) >= 11 is 8.74. The van der Waals surface area contributed by atoms with Gasteiger partial charge >= 0.3 is 0 Å². The number of hydrogen-bond donors (Lipinski definition) is 1. The van der Waals surface area contributed by atoms with Crippen LogP contribution in [0.5, 0.6) is 0 Å². The van der Waals surface area contributed by atoms with E-state index in [0.29, 0.717) is 10.2 Å². The zero-order valence-electron chi connectivity index (χ0n) is 9.38. The Kier molecular flexibility index (Phi) is 4.97. The number of carbonyl (C=O) groups excluding carboxylic acids is 1. The van der Waals surface area contributed by atoms with Gasteiger partial charge < -0.3 is 5.32 Å². The molecule has 1 N–H and O–H groups in total. The van der Waals surface area contributed by atoms with E-state index in [4.69, 9.17) is 0 Å². The molecule has 19 heavy (non-hydrogen) atoms. The zero-order valence-corrected chi connectivity index (χ0v) is 14.7. The van der Waals surface area contributed by atoms with Gasteiger partial charge in [-0.2, -0.15) is 0 Å². The van der Waals surface area contributed by atoms with Gasteiger partial charge in [0.15, 0.2) is 0 Å². The fourth-order valence-electron chi connectivity index (χ4n) is 1.44. The zero-order chi connectivity index (χ0) is 14.0. The van der Waals surface area contributed by atoms with E-state index in [1.54, 1.807) is 18.2 Å². The highest BCUT2D eigenvalue weighted by Crippen LogP contribution is 2.23. The van der Waals surface area contributed by atoms with Crippen molar-refractivity contribution in [3.05, 3.63) is 60.3 Å². The normalized spacial score (nSPS) is 10.3. The first kappa shape index (κ1) is 14.9. The average molecular weight is 499 g/mol. The molecule has 0 heterocycles. The minimum atomic E-state index is -0.549. The quantitative estimate of drug-likeness (QED) is 0.566. The number of amides is 1. The molecule has 0 spiro atoms. The summed E-state index contributed by atoms with van der Waals surface area (Å²) in [6, 6.07) is 9.64. The number of carbonyl (C=O) groups is 1. The van der Waals surface area contributed by atoms with Crippen molar-refractivity contribution in [1.82, 2.24) is 0 Å². The van der Waals surface area contributed by atoms with Crippen LogP contribution >= 0.6 is 54.5 Å². The fraction of sp³-hybridized carbons (Fsp3) is 0. The second-order valence-corrected chi connectivity index (χ2v) is 6.64. The monoisotopic (exact) mass is 497 g/mol. The summed E-state index contributed by atoms with van der Waals surface area (Å²) in [6.45, 7) is 0. The van der Waals surface area contributed by atoms with Crippen molar-refractivity contribution in [1.29, 1.82) is 0 Å². The predicted molar refractivity (Wildman–Crippen MR) is 88.9 cm³/mol. The van der Waals surface area contributed by atoms with Crippen LogP contribution in [0.1, 0.15) is 10.4 Å². The third-order valence-corrected chi connectivity index (χ3v) is 5.17. The molecule has 2 aromatic rings. The van der Waals surface area contributed by atoms with Crippen LogP contribution in [0.3, 0.4) is 0 Å². The number of hydrogen-bond acceptors (Lipinski definition) is 1. The van der Waals surface area contributed by atoms with Crippen LogP contribution < -0.4 is 5.32 Å². The number of benzene rings is 2. The first-order valence-electron chi connectivity index (χ1n) is 5.19. The molecular formula is C13H7Br2FINO. The molecule has 0 atom stereocenters. The lowest BCUT2D eigenvalue weighted by molar-refractivity contribution is 0.102. The van der Waals surface area contributed by atoms with E-state index >= 15 is 0 Å². The molecule has 0 fully saturated rings. The Balaban J connectivity index is 2.25. The largest absolute Gasteiger partial charge is 0.322 e.